The van der Waals surface area contributed by atoms with E-state index < -0.39 is 0 Å². The zero-order valence-corrected chi connectivity index (χ0v) is 14.0. The molecule has 1 atom stereocenters. The molecule has 1 N–H and O–H groups in total. The van der Waals surface area contributed by atoms with Gasteiger partial charge in [-0.05, 0) is 50.0 Å². The Kier molecular flexibility index (Phi) is 4.53. The van der Waals surface area contributed by atoms with E-state index in [1.807, 2.05) is 48.5 Å². The van der Waals surface area contributed by atoms with Crippen molar-refractivity contribution in [1.29, 1.82) is 0 Å². The SMILES string of the molecule is O=c1c(-c2ccccc2)coc2cccc(OC3CCCNCC3)c12. The lowest BCUT2D eigenvalue weighted by atomic mass is 10.1. The van der Waals surface area contributed by atoms with E-state index in [0.29, 0.717) is 22.3 Å². The van der Waals surface area contributed by atoms with Crippen molar-refractivity contribution in [3.05, 3.63) is 65.0 Å². The quantitative estimate of drug-likeness (QED) is 0.786. The van der Waals surface area contributed by atoms with Gasteiger partial charge >= 0.3 is 0 Å². The van der Waals surface area contributed by atoms with Gasteiger partial charge in [-0.1, -0.05) is 36.4 Å². The number of rotatable bonds is 3. The summed E-state index contributed by atoms with van der Waals surface area (Å²) in [5.41, 5.74) is 1.93. The summed E-state index contributed by atoms with van der Waals surface area (Å²) >= 11 is 0. The van der Waals surface area contributed by atoms with Crippen LogP contribution < -0.4 is 15.5 Å². The molecule has 128 valence electrons. The second kappa shape index (κ2) is 7.11. The van der Waals surface area contributed by atoms with Gasteiger partial charge in [-0.25, -0.2) is 0 Å². The fourth-order valence-electron chi connectivity index (χ4n) is 3.34. The third kappa shape index (κ3) is 3.30. The summed E-state index contributed by atoms with van der Waals surface area (Å²) in [5.74, 6) is 0.621. The van der Waals surface area contributed by atoms with Gasteiger partial charge in [-0.15, -0.1) is 0 Å². The number of hydrogen-bond acceptors (Lipinski definition) is 4. The Morgan fingerprint density at radius 1 is 1.00 bits per heavy atom. The molecule has 4 heteroatoms. The maximum Gasteiger partial charge on any atom is 0.204 e. The molecule has 0 aliphatic carbocycles. The highest BCUT2D eigenvalue weighted by Gasteiger charge is 2.18. The van der Waals surface area contributed by atoms with E-state index in [-0.39, 0.29) is 11.5 Å². The summed E-state index contributed by atoms with van der Waals surface area (Å²) in [4.78, 5) is 13.1. The highest BCUT2D eigenvalue weighted by Crippen LogP contribution is 2.28. The van der Waals surface area contributed by atoms with Gasteiger partial charge in [0.2, 0.25) is 5.43 Å². The summed E-state index contributed by atoms with van der Waals surface area (Å²) in [5, 5.41) is 3.91. The molecule has 4 rings (SSSR count). The Balaban J connectivity index is 1.78. The van der Waals surface area contributed by atoms with Crippen molar-refractivity contribution < 1.29 is 9.15 Å². The first kappa shape index (κ1) is 15.9. The molecule has 1 saturated heterocycles. The van der Waals surface area contributed by atoms with Gasteiger partial charge in [0, 0.05) is 0 Å². The van der Waals surface area contributed by atoms with Crippen molar-refractivity contribution in [1.82, 2.24) is 5.32 Å². The van der Waals surface area contributed by atoms with Crippen LogP contribution in [0.25, 0.3) is 22.1 Å². The first-order chi connectivity index (χ1) is 12.3. The summed E-state index contributed by atoms with van der Waals surface area (Å²) in [6.07, 6.45) is 4.69. The van der Waals surface area contributed by atoms with Crippen LogP contribution in [0.5, 0.6) is 5.75 Å². The van der Waals surface area contributed by atoms with Crippen LogP contribution in [0, 0.1) is 0 Å². The number of hydrogen-bond donors (Lipinski definition) is 1. The van der Waals surface area contributed by atoms with Gasteiger partial charge in [0.1, 0.15) is 23.0 Å². The summed E-state index contributed by atoms with van der Waals surface area (Å²) < 4.78 is 12.0. The highest BCUT2D eigenvalue weighted by atomic mass is 16.5. The topological polar surface area (TPSA) is 51.5 Å². The van der Waals surface area contributed by atoms with Crippen LogP contribution in [-0.2, 0) is 0 Å². The van der Waals surface area contributed by atoms with Crippen LogP contribution in [0.1, 0.15) is 19.3 Å². The van der Waals surface area contributed by atoms with E-state index in [0.717, 1.165) is 37.9 Å². The van der Waals surface area contributed by atoms with Crippen molar-refractivity contribution in [2.45, 2.75) is 25.4 Å². The molecule has 1 fully saturated rings. The van der Waals surface area contributed by atoms with Gasteiger partial charge in [0.05, 0.1) is 11.7 Å². The molecule has 25 heavy (non-hydrogen) atoms. The van der Waals surface area contributed by atoms with Crippen molar-refractivity contribution in [3.63, 3.8) is 0 Å². The molecule has 0 spiro atoms. The molecule has 2 heterocycles. The highest BCUT2D eigenvalue weighted by molar-refractivity contribution is 5.87. The number of nitrogens with one attached hydrogen (secondary N) is 1. The Morgan fingerprint density at radius 3 is 2.76 bits per heavy atom. The lowest BCUT2D eigenvalue weighted by Gasteiger charge is -2.17. The van der Waals surface area contributed by atoms with Gasteiger partial charge in [-0.3, -0.25) is 4.79 Å². The monoisotopic (exact) mass is 335 g/mol. The van der Waals surface area contributed by atoms with E-state index in [9.17, 15) is 4.79 Å². The Labute approximate surface area is 146 Å². The zero-order chi connectivity index (χ0) is 17.1. The second-order valence-electron chi connectivity index (χ2n) is 6.39. The fourth-order valence-corrected chi connectivity index (χ4v) is 3.34. The minimum absolute atomic E-state index is 0.0465. The van der Waals surface area contributed by atoms with E-state index in [2.05, 4.69) is 5.32 Å². The van der Waals surface area contributed by atoms with Crippen LogP contribution in [-0.4, -0.2) is 19.2 Å². The Morgan fingerprint density at radius 2 is 1.88 bits per heavy atom. The maximum atomic E-state index is 13.1. The van der Waals surface area contributed by atoms with Crippen molar-refractivity contribution in [2.75, 3.05) is 13.1 Å². The normalized spacial score (nSPS) is 18.0. The predicted molar refractivity (Wildman–Crippen MR) is 99.1 cm³/mol. The molecule has 1 unspecified atom stereocenters. The summed E-state index contributed by atoms with van der Waals surface area (Å²) in [7, 11) is 0. The van der Waals surface area contributed by atoms with E-state index in [1.165, 1.54) is 0 Å². The number of fused-ring (bicyclic) bond motifs is 1. The van der Waals surface area contributed by atoms with Gasteiger partial charge in [0.25, 0.3) is 0 Å². The minimum Gasteiger partial charge on any atom is -0.489 e. The fraction of sp³-hybridized carbons (Fsp3) is 0.286. The molecule has 0 radical (unpaired) electrons. The molecule has 0 saturated carbocycles. The van der Waals surface area contributed by atoms with Gasteiger partial charge < -0.3 is 14.5 Å². The molecule has 1 aliphatic rings. The molecule has 0 amide bonds. The first-order valence-corrected chi connectivity index (χ1v) is 8.80. The molecule has 2 aromatic carbocycles. The average molecular weight is 335 g/mol. The number of ether oxygens (including phenoxy) is 1. The van der Waals surface area contributed by atoms with Crippen molar-refractivity contribution >= 4 is 11.0 Å². The van der Waals surface area contributed by atoms with Crippen LogP contribution >= 0.6 is 0 Å². The van der Waals surface area contributed by atoms with Crippen molar-refractivity contribution in [3.8, 4) is 16.9 Å². The smallest absolute Gasteiger partial charge is 0.204 e. The molecule has 3 aromatic rings. The lowest BCUT2D eigenvalue weighted by molar-refractivity contribution is 0.190. The van der Waals surface area contributed by atoms with Crippen LogP contribution in [0.4, 0.5) is 0 Å². The van der Waals surface area contributed by atoms with Crippen molar-refractivity contribution in [2.24, 2.45) is 0 Å². The third-order valence-corrected chi connectivity index (χ3v) is 4.66. The Hall–Kier alpha value is -2.59. The largest absolute Gasteiger partial charge is 0.489 e. The molecule has 1 aliphatic heterocycles. The van der Waals surface area contributed by atoms with Crippen LogP contribution in [0.3, 0.4) is 0 Å². The molecular formula is C21H21NO3. The maximum absolute atomic E-state index is 13.1. The first-order valence-electron chi connectivity index (χ1n) is 8.80. The lowest BCUT2D eigenvalue weighted by Crippen LogP contribution is -2.20. The summed E-state index contributed by atoms with van der Waals surface area (Å²) in [6.45, 7) is 1.97. The second-order valence-corrected chi connectivity index (χ2v) is 6.39. The number of benzene rings is 2. The zero-order valence-electron chi connectivity index (χ0n) is 14.0. The van der Waals surface area contributed by atoms with E-state index in [4.69, 9.17) is 9.15 Å². The molecular weight excluding hydrogens is 314 g/mol. The van der Waals surface area contributed by atoms with E-state index in [1.54, 1.807) is 6.26 Å². The molecule has 1 aromatic heterocycles. The standard InChI is InChI=1S/C21H21NO3/c23-21-17(15-6-2-1-3-7-15)14-24-18-9-4-10-19(20(18)21)25-16-8-5-12-22-13-11-16/h1-4,6-7,9-10,14,16,22H,5,8,11-13H2. The van der Waals surface area contributed by atoms with Crippen LogP contribution in [0.15, 0.2) is 64.0 Å². The Bertz CT molecular complexity index is 909. The van der Waals surface area contributed by atoms with E-state index >= 15 is 0 Å². The predicted octanol–water partition coefficient (Wildman–Crippen LogP) is 3.98. The molecule has 4 nitrogen and oxygen atoms in total. The minimum atomic E-state index is -0.0465. The summed E-state index contributed by atoms with van der Waals surface area (Å²) in [6, 6.07) is 15.1. The van der Waals surface area contributed by atoms with Crippen LogP contribution in [0.2, 0.25) is 0 Å². The van der Waals surface area contributed by atoms with Gasteiger partial charge in [-0.2, -0.15) is 0 Å². The third-order valence-electron chi connectivity index (χ3n) is 4.66. The molecule has 0 bridgehead atoms. The average Bonchev–Trinajstić information content (AvgIpc) is 2.91. The van der Waals surface area contributed by atoms with Gasteiger partial charge in [0.15, 0.2) is 0 Å².